The predicted octanol–water partition coefficient (Wildman–Crippen LogP) is 4.71. The fraction of sp³-hybridized carbons (Fsp3) is 0.400. The van der Waals surface area contributed by atoms with E-state index in [0.717, 1.165) is 12.1 Å². The summed E-state index contributed by atoms with van der Waals surface area (Å²) in [5, 5.41) is 2.53. The predicted molar refractivity (Wildman–Crippen MR) is 74.5 cm³/mol. The second kappa shape index (κ2) is 6.02. The largest absolute Gasteiger partial charge is 0.259 e. The molecule has 0 aliphatic carbocycles. The summed E-state index contributed by atoms with van der Waals surface area (Å²) in [7, 11) is 0. The molecule has 0 saturated carbocycles. The Balaban J connectivity index is 2.40. The number of hydrogen-bond donors (Lipinski definition) is 0. The quantitative estimate of drug-likeness (QED) is 0.551. The lowest BCUT2D eigenvalue weighted by Gasteiger charge is -2.10. The zero-order valence-electron chi connectivity index (χ0n) is 10.2. The van der Waals surface area contributed by atoms with E-state index < -0.39 is 0 Å². The number of fused-ring (bicyclic) bond motifs is 1. The van der Waals surface area contributed by atoms with Gasteiger partial charge in [-0.15, -0.1) is 11.6 Å². The van der Waals surface area contributed by atoms with Gasteiger partial charge in [-0.2, -0.15) is 0 Å². The van der Waals surface area contributed by atoms with Gasteiger partial charge < -0.3 is 0 Å². The fourth-order valence-corrected chi connectivity index (χ4v) is 2.44. The monoisotopic (exact) mass is 247 g/mol. The molecule has 0 bridgehead atoms. The number of aromatic nitrogens is 1. The third-order valence-corrected chi connectivity index (χ3v) is 3.40. The molecule has 2 heteroatoms. The molecule has 0 aliphatic heterocycles. The third-order valence-electron chi connectivity index (χ3n) is 3.15. The molecule has 0 saturated heterocycles. The summed E-state index contributed by atoms with van der Waals surface area (Å²) in [6, 6.07) is 8.43. The molecule has 17 heavy (non-hydrogen) atoms. The van der Waals surface area contributed by atoms with Gasteiger partial charge in [-0.3, -0.25) is 4.98 Å². The van der Waals surface area contributed by atoms with E-state index in [1.54, 1.807) is 0 Å². The Morgan fingerprint density at radius 3 is 2.76 bits per heavy atom. The Morgan fingerprint density at radius 2 is 2.00 bits per heavy atom. The van der Waals surface area contributed by atoms with Crippen molar-refractivity contribution < 1.29 is 0 Å². The fourth-order valence-electron chi connectivity index (χ4n) is 2.21. The highest BCUT2D eigenvalue weighted by Crippen LogP contribution is 2.23. The normalized spacial score (nSPS) is 10.9. The molecule has 0 N–H and O–H groups in total. The van der Waals surface area contributed by atoms with Crippen LogP contribution in [0.25, 0.3) is 10.8 Å². The summed E-state index contributed by atoms with van der Waals surface area (Å²) in [6.45, 7) is 2.23. The van der Waals surface area contributed by atoms with Gasteiger partial charge >= 0.3 is 0 Å². The Bertz CT molecular complexity index is 493. The minimum absolute atomic E-state index is 0.506. The topological polar surface area (TPSA) is 12.9 Å². The first-order chi connectivity index (χ1) is 8.36. The van der Waals surface area contributed by atoms with Gasteiger partial charge in [0.2, 0.25) is 0 Å². The van der Waals surface area contributed by atoms with Gasteiger partial charge in [-0.1, -0.05) is 44.0 Å². The lowest BCUT2D eigenvalue weighted by Crippen LogP contribution is -1.97. The van der Waals surface area contributed by atoms with Crippen LogP contribution in [0.4, 0.5) is 0 Å². The van der Waals surface area contributed by atoms with Crippen molar-refractivity contribution in [1.82, 2.24) is 4.98 Å². The van der Waals surface area contributed by atoms with Crippen LogP contribution in [0.15, 0.2) is 30.5 Å². The van der Waals surface area contributed by atoms with Gasteiger partial charge in [0.05, 0.1) is 11.6 Å². The van der Waals surface area contributed by atoms with Crippen molar-refractivity contribution in [2.45, 2.75) is 38.5 Å². The van der Waals surface area contributed by atoms with E-state index in [1.165, 1.54) is 35.6 Å². The van der Waals surface area contributed by atoms with E-state index in [4.69, 9.17) is 11.6 Å². The maximum absolute atomic E-state index is 5.98. The molecule has 1 aromatic heterocycles. The van der Waals surface area contributed by atoms with Gasteiger partial charge in [-0.25, -0.2) is 0 Å². The standard InChI is InChI=1S/C15H18ClN/c1-2-3-4-9-14-13-8-6-5-7-12(13)11-17-15(14)10-16/h5-8,11H,2-4,9-10H2,1H3. The molecule has 0 atom stereocenters. The summed E-state index contributed by atoms with van der Waals surface area (Å²) in [6.07, 6.45) is 6.75. The van der Waals surface area contributed by atoms with E-state index in [1.807, 2.05) is 6.20 Å². The minimum Gasteiger partial charge on any atom is -0.259 e. The number of benzene rings is 1. The number of nitrogens with zero attached hydrogens (tertiary/aromatic N) is 1. The van der Waals surface area contributed by atoms with E-state index in [-0.39, 0.29) is 0 Å². The Kier molecular flexibility index (Phi) is 4.38. The van der Waals surface area contributed by atoms with Crippen molar-refractivity contribution in [2.24, 2.45) is 0 Å². The average Bonchev–Trinajstić information content (AvgIpc) is 2.39. The van der Waals surface area contributed by atoms with Crippen LogP contribution in [-0.4, -0.2) is 4.98 Å². The van der Waals surface area contributed by atoms with Crippen LogP contribution in [0, 0.1) is 0 Å². The molecule has 2 rings (SSSR count). The number of aryl methyl sites for hydroxylation is 1. The number of unbranched alkanes of at least 4 members (excludes halogenated alkanes) is 2. The summed E-state index contributed by atoms with van der Waals surface area (Å²) in [5.74, 6) is 0.506. The zero-order chi connectivity index (χ0) is 12.1. The van der Waals surface area contributed by atoms with Crippen LogP contribution in [-0.2, 0) is 12.3 Å². The number of halogens is 1. The van der Waals surface area contributed by atoms with Crippen molar-refractivity contribution in [3.8, 4) is 0 Å². The first kappa shape index (κ1) is 12.4. The molecule has 1 nitrogen and oxygen atoms in total. The SMILES string of the molecule is CCCCCc1c(CCl)ncc2ccccc12. The molecular formula is C15H18ClN. The van der Waals surface area contributed by atoms with E-state index in [0.29, 0.717) is 5.88 Å². The molecule has 0 spiro atoms. The number of rotatable bonds is 5. The van der Waals surface area contributed by atoms with Crippen molar-refractivity contribution >= 4 is 22.4 Å². The van der Waals surface area contributed by atoms with Crippen LogP contribution in [0.3, 0.4) is 0 Å². The maximum atomic E-state index is 5.98. The zero-order valence-corrected chi connectivity index (χ0v) is 11.0. The highest BCUT2D eigenvalue weighted by Gasteiger charge is 2.07. The Labute approximate surface area is 108 Å². The summed E-state index contributed by atoms with van der Waals surface area (Å²) < 4.78 is 0. The first-order valence-electron chi connectivity index (χ1n) is 6.28. The highest BCUT2D eigenvalue weighted by atomic mass is 35.5. The van der Waals surface area contributed by atoms with E-state index in [2.05, 4.69) is 36.2 Å². The van der Waals surface area contributed by atoms with Crippen LogP contribution >= 0.6 is 11.6 Å². The average molecular weight is 248 g/mol. The minimum atomic E-state index is 0.506. The lowest BCUT2D eigenvalue weighted by molar-refractivity contribution is 0.715. The van der Waals surface area contributed by atoms with Gasteiger partial charge in [0.1, 0.15) is 0 Å². The van der Waals surface area contributed by atoms with Gasteiger partial charge in [0.15, 0.2) is 0 Å². The number of pyridine rings is 1. The van der Waals surface area contributed by atoms with Crippen LogP contribution in [0.2, 0.25) is 0 Å². The second-order valence-corrected chi connectivity index (χ2v) is 4.63. The molecule has 1 heterocycles. The molecule has 1 aromatic carbocycles. The molecule has 0 aliphatic rings. The van der Waals surface area contributed by atoms with Crippen LogP contribution in [0.1, 0.15) is 37.4 Å². The Hall–Kier alpha value is -1.08. The first-order valence-corrected chi connectivity index (χ1v) is 6.81. The summed E-state index contributed by atoms with van der Waals surface area (Å²) in [4.78, 5) is 4.47. The Morgan fingerprint density at radius 1 is 1.18 bits per heavy atom. The van der Waals surface area contributed by atoms with E-state index >= 15 is 0 Å². The van der Waals surface area contributed by atoms with Gasteiger partial charge in [0.25, 0.3) is 0 Å². The lowest BCUT2D eigenvalue weighted by atomic mass is 9.99. The van der Waals surface area contributed by atoms with Crippen molar-refractivity contribution in [2.75, 3.05) is 0 Å². The molecule has 2 aromatic rings. The molecule has 0 fully saturated rings. The highest BCUT2D eigenvalue weighted by molar-refractivity contribution is 6.17. The summed E-state index contributed by atoms with van der Waals surface area (Å²) >= 11 is 5.98. The van der Waals surface area contributed by atoms with Crippen molar-refractivity contribution in [1.29, 1.82) is 0 Å². The molecule has 90 valence electrons. The van der Waals surface area contributed by atoms with E-state index in [9.17, 15) is 0 Å². The van der Waals surface area contributed by atoms with Crippen LogP contribution in [0.5, 0.6) is 0 Å². The van der Waals surface area contributed by atoms with Crippen molar-refractivity contribution in [3.63, 3.8) is 0 Å². The molecule has 0 radical (unpaired) electrons. The smallest absolute Gasteiger partial charge is 0.0650 e. The molecular weight excluding hydrogens is 230 g/mol. The van der Waals surface area contributed by atoms with Gasteiger partial charge in [-0.05, 0) is 23.8 Å². The number of hydrogen-bond acceptors (Lipinski definition) is 1. The van der Waals surface area contributed by atoms with Crippen molar-refractivity contribution in [3.05, 3.63) is 41.7 Å². The summed E-state index contributed by atoms with van der Waals surface area (Å²) in [5.41, 5.74) is 2.38. The second-order valence-electron chi connectivity index (χ2n) is 4.36. The van der Waals surface area contributed by atoms with Crippen LogP contribution < -0.4 is 0 Å². The third kappa shape index (κ3) is 2.78. The van der Waals surface area contributed by atoms with Gasteiger partial charge in [0, 0.05) is 11.6 Å². The maximum Gasteiger partial charge on any atom is 0.0650 e. The molecule has 0 amide bonds. The number of alkyl halides is 1. The molecule has 0 unspecified atom stereocenters.